The molecule has 5 nitrogen and oxygen atoms in total. The molecule has 2 N–H and O–H groups in total. The van der Waals surface area contributed by atoms with Gasteiger partial charge in [-0.15, -0.1) is 0 Å². The molecule has 0 unspecified atom stereocenters. The molecular weight excluding hydrogens is 268 g/mol. The standard InChI is InChI=1S/C16H20N2O3/c1-16(20,14-5-4-10-21-14)11-17-15(19)12-6-8-13(9-7-12)18(2)3/h4-10,20H,11H2,1-3H3,(H,17,19)/t16-/m1/s1. The summed E-state index contributed by atoms with van der Waals surface area (Å²) in [4.78, 5) is 14.0. The number of carbonyl (C=O) groups excluding carboxylic acids is 1. The summed E-state index contributed by atoms with van der Waals surface area (Å²) in [5.41, 5.74) is 0.341. The van der Waals surface area contributed by atoms with Gasteiger partial charge < -0.3 is 19.7 Å². The minimum absolute atomic E-state index is 0.0782. The summed E-state index contributed by atoms with van der Waals surface area (Å²) in [5.74, 6) is 0.192. The summed E-state index contributed by atoms with van der Waals surface area (Å²) < 4.78 is 5.17. The van der Waals surface area contributed by atoms with Crippen LogP contribution >= 0.6 is 0 Å². The van der Waals surface area contributed by atoms with Gasteiger partial charge in [-0.1, -0.05) is 0 Å². The molecule has 0 saturated heterocycles. The molecule has 0 fully saturated rings. The number of nitrogens with zero attached hydrogens (tertiary/aromatic N) is 1. The topological polar surface area (TPSA) is 65.7 Å². The molecule has 1 atom stereocenters. The molecule has 0 spiro atoms. The third kappa shape index (κ3) is 3.64. The number of anilines is 1. The number of furan rings is 1. The smallest absolute Gasteiger partial charge is 0.251 e. The quantitative estimate of drug-likeness (QED) is 0.883. The Morgan fingerprint density at radius 3 is 2.48 bits per heavy atom. The van der Waals surface area contributed by atoms with Crippen molar-refractivity contribution >= 4 is 11.6 Å². The van der Waals surface area contributed by atoms with Crippen LogP contribution in [0, 0.1) is 0 Å². The Morgan fingerprint density at radius 2 is 1.95 bits per heavy atom. The molecule has 0 saturated carbocycles. The summed E-state index contributed by atoms with van der Waals surface area (Å²) in [6.45, 7) is 1.68. The second-order valence-electron chi connectivity index (χ2n) is 5.38. The number of carbonyl (C=O) groups is 1. The zero-order valence-corrected chi connectivity index (χ0v) is 12.5. The zero-order valence-electron chi connectivity index (χ0n) is 12.5. The lowest BCUT2D eigenvalue weighted by molar-refractivity contribution is 0.0330. The van der Waals surface area contributed by atoms with Gasteiger partial charge in [0.05, 0.1) is 12.8 Å². The van der Waals surface area contributed by atoms with E-state index in [-0.39, 0.29) is 12.5 Å². The Labute approximate surface area is 124 Å². The minimum Gasteiger partial charge on any atom is -0.466 e. The van der Waals surface area contributed by atoms with Gasteiger partial charge in [-0.2, -0.15) is 0 Å². The Kier molecular flexibility index (Phi) is 4.33. The van der Waals surface area contributed by atoms with E-state index >= 15 is 0 Å². The highest BCUT2D eigenvalue weighted by Gasteiger charge is 2.26. The average molecular weight is 288 g/mol. The summed E-state index contributed by atoms with van der Waals surface area (Å²) >= 11 is 0. The highest BCUT2D eigenvalue weighted by molar-refractivity contribution is 5.94. The predicted molar refractivity (Wildman–Crippen MR) is 81.4 cm³/mol. The molecule has 0 radical (unpaired) electrons. The van der Waals surface area contributed by atoms with Gasteiger partial charge in [0.25, 0.3) is 5.91 Å². The number of aliphatic hydroxyl groups is 1. The molecular formula is C16H20N2O3. The highest BCUT2D eigenvalue weighted by Crippen LogP contribution is 2.20. The van der Waals surface area contributed by atoms with E-state index < -0.39 is 5.60 Å². The lowest BCUT2D eigenvalue weighted by Gasteiger charge is -2.21. The van der Waals surface area contributed by atoms with Crippen molar-refractivity contribution in [2.45, 2.75) is 12.5 Å². The van der Waals surface area contributed by atoms with Crippen molar-refractivity contribution in [2.75, 3.05) is 25.5 Å². The predicted octanol–water partition coefficient (Wildman–Crippen LogP) is 1.98. The largest absolute Gasteiger partial charge is 0.466 e. The Balaban J connectivity index is 1.98. The van der Waals surface area contributed by atoms with Crippen LogP contribution < -0.4 is 10.2 Å². The first-order chi connectivity index (χ1) is 9.90. The van der Waals surface area contributed by atoms with Crippen molar-refractivity contribution in [3.8, 4) is 0 Å². The molecule has 0 bridgehead atoms. The number of hydrogen-bond acceptors (Lipinski definition) is 4. The average Bonchev–Trinajstić information content (AvgIpc) is 3.00. The summed E-state index contributed by atoms with van der Waals surface area (Å²) in [7, 11) is 3.88. The van der Waals surface area contributed by atoms with E-state index in [2.05, 4.69) is 5.32 Å². The van der Waals surface area contributed by atoms with Crippen LogP contribution in [0.2, 0.25) is 0 Å². The van der Waals surface area contributed by atoms with Crippen LogP contribution in [0.3, 0.4) is 0 Å². The molecule has 1 aromatic carbocycles. The molecule has 1 aromatic heterocycles. The number of benzene rings is 1. The first kappa shape index (κ1) is 15.1. The summed E-state index contributed by atoms with van der Waals surface area (Å²) in [6.07, 6.45) is 1.49. The lowest BCUT2D eigenvalue weighted by Crippen LogP contribution is -2.38. The highest BCUT2D eigenvalue weighted by atomic mass is 16.4. The van der Waals surface area contributed by atoms with Gasteiger partial charge in [0, 0.05) is 25.3 Å². The molecule has 2 rings (SSSR count). The van der Waals surface area contributed by atoms with E-state index in [9.17, 15) is 9.90 Å². The van der Waals surface area contributed by atoms with Crippen molar-refractivity contribution in [2.24, 2.45) is 0 Å². The molecule has 1 heterocycles. The first-order valence-corrected chi connectivity index (χ1v) is 6.72. The summed E-state index contributed by atoms with van der Waals surface area (Å²) in [6, 6.07) is 10.6. The van der Waals surface area contributed by atoms with E-state index in [0.29, 0.717) is 11.3 Å². The third-order valence-corrected chi connectivity index (χ3v) is 3.29. The van der Waals surface area contributed by atoms with Gasteiger partial charge in [-0.3, -0.25) is 4.79 Å². The van der Waals surface area contributed by atoms with Gasteiger partial charge in [0.15, 0.2) is 0 Å². The molecule has 0 aliphatic rings. The fraction of sp³-hybridized carbons (Fsp3) is 0.312. The Bertz CT molecular complexity index is 586. The molecule has 1 amide bonds. The number of amides is 1. The van der Waals surface area contributed by atoms with Gasteiger partial charge in [-0.05, 0) is 43.3 Å². The molecule has 0 aliphatic heterocycles. The Morgan fingerprint density at radius 1 is 1.29 bits per heavy atom. The second kappa shape index (κ2) is 6.01. The zero-order chi connectivity index (χ0) is 15.5. The normalized spacial score (nSPS) is 13.5. The van der Waals surface area contributed by atoms with Crippen LogP contribution in [0.4, 0.5) is 5.69 Å². The van der Waals surface area contributed by atoms with Crippen LogP contribution in [0.5, 0.6) is 0 Å². The fourth-order valence-electron chi connectivity index (χ4n) is 1.94. The number of rotatable bonds is 5. The minimum atomic E-state index is -1.23. The Hall–Kier alpha value is -2.27. The van der Waals surface area contributed by atoms with Gasteiger partial charge in [-0.25, -0.2) is 0 Å². The van der Waals surface area contributed by atoms with Crippen LogP contribution in [0.1, 0.15) is 23.0 Å². The molecule has 21 heavy (non-hydrogen) atoms. The maximum atomic E-state index is 12.1. The number of nitrogens with one attached hydrogen (secondary N) is 1. The molecule has 112 valence electrons. The monoisotopic (exact) mass is 288 g/mol. The van der Waals surface area contributed by atoms with Crippen LogP contribution in [0.25, 0.3) is 0 Å². The van der Waals surface area contributed by atoms with Crippen LogP contribution in [0.15, 0.2) is 47.1 Å². The lowest BCUT2D eigenvalue weighted by atomic mass is 10.0. The molecule has 5 heteroatoms. The summed E-state index contributed by atoms with van der Waals surface area (Å²) in [5, 5.41) is 13.0. The second-order valence-corrected chi connectivity index (χ2v) is 5.38. The van der Waals surface area contributed by atoms with Gasteiger partial charge >= 0.3 is 0 Å². The maximum Gasteiger partial charge on any atom is 0.251 e. The van der Waals surface area contributed by atoms with Crippen LogP contribution in [-0.2, 0) is 5.60 Å². The van der Waals surface area contributed by atoms with Gasteiger partial charge in [0.2, 0.25) is 0 Å². The van der Waals surface area contributed by atoms with E-state index in [0.717, 1.165) is 5.69 Å². The first-order valence-electron chi connectivity index (χ1n) is 6.72. The number of hydrogen-bond donors (Lipinski definition) is 2. The van der Waals surface area contributed by atoms with Crippen molar-refractivity contribution in [3.63, 3.8) is 0 Å². The van der Waals surface area contributed by atoms with Crippen molar-refractivity contribution in [3.05, 3.63) is 54.0 Å². The van der Waals surface area contributed by atoms with E-state index in [1.807, 2.05) is 31.1 Å². The molecule has 2 aromatic rings. The maximum absolute atomic E-state index is 12.1. The van der Waals surface area contributed by atoms with Crippen molar-refractivity contribution < 1.29 is 14.3 Å². The van der Waals surface area contributed by atoms with Crippen molar-refractivity contribution in [1.29, 1.82) is 0 Å². The van der Waals surface area contributed by atoms with Crippen molar-refractivity contribution in [1.82, 2.24) is 5.32 Å². The third-order valence-electron chi connectivity index (χ3n) is 3.29. The SMILES string of the molecule is CN(C)c1ccc(C(=O)NC[C@@](C)(O)c2ccco2)cc1. The molecule has 0 aliphatic carbocycles. The fourth-order valence-corrected chi connectivity index (χ4v) is 1.94. The van der Waals surface area contributed by atoms with E-state index in [1.165, 1.54) is 6.26 Å². The van der Waals surface area contributed by atoms with Gasteiger partial charge in [0.1, 0.15) is 11.4 Å². The van der Waals surface area contributed by atoms with Crippen LogP contribution in [-0.4, -0.2) is 31.7 Å². The van der Waals surface area contributed by atoms with E-state index in [1.54, 1.807) is 31.2 Å². The van der Waals surface area contributed by atoms with E-state index in [4.69, 9.17) is 4.42 Å².